The third-order valence-electron chi connectivity index (χ3n) is 3.60. The number of carbonyl (C=O) groups excluding carboxylic acids is 1. The summed E-state index contributed by atoms with van der Waals surface area (Å²) in [6.07, 6.45) is 1.88. The monoisotopic (exact) mass is 343 g/mol. The molecule has 0 aromatic heterocycles. The van der Waals surface area contributed by atoms with Crippen molar-refractivity contribution >= 4 is 17.7 Å². The second-order valence-electron chi connectivity index (χ2n) is 5.54. The third-order valence-corrected chi connectivity index (χ3v) is 4.71. The minimum absolute atomic E-state index is 0.0853. The number of rotatable bonds is 9. The Labute approximate surface area is 148 Å². The summed E-state index contributed by atoms with van der Waals surface area (Å²) >= 11 is 1.59. The molecule has 2 rings (SSSR count). The second-order valence-corrected chi connectivity index (χ2v) is 6.96. The smallest absolute Gasteiger partial charge is 0.233 e. The zero-order chi connectivity index (χ0) is 17.2. The lowest BCUT2D eigenvalue weighted by atomic mass is 10.1. The average molecular weight is 343 g/mol. The van der Waals surface area contributed by atoms with Crippen LogP contribution in [0.4, 0.5) is 0 Å². The summed E-state index contributed by atoms with van der Waals surface area (Å²) in [6.45, 7) is 5.31. The Hall–Kier alpha value is -1.94. The Kier molecular flexibility index (Phi) is 7.69. The van der Waals surface area contributed by atoms with Crippen molar-refractivity contribution in [3.63, 3.8) is 0 Å². The third kappa shape index (κ3) is 6.28. The Morgan fingerprint density at radius 3 is 2.50 bits per heavy atom. The molecule has 0 saturated heterocycles. The van der Waals surface area contributed by atoms with Gasteiger partial charge >= 0.3 is 0 Å². The molecule has 0 unspecified atom stereocenters. The maximum atomic E-state index is 12.1. The number of hydrogen-bond acceptors (Lipinski definition) is 3. The number of ether oxygens (including phenoxy) is 1. The lowest BCUT2D eigenvalue weighted by Gasteiger charge is -2.12. The van der Waals surface area contributed by atoms with Gasteiger partial charge < -0.3 is 10.1 Å². The van der Waals surface area contributed by atoms with Gasteiger partial charge in [0.05, 0.1) is 11.9 Å². The number of hydrogen-bond donors (Lipinski definition) is 1. The SMILES string of the molecule is CCOc1ccc(CCCNC(=O)[C@H](C)Sc2ccccc2)cc1. The molecule has 0 heterocycles. The molecule has 0 saturated carbocycles. The highest BCUT2D eigenvalue weighted by Gasteiger charge is 2.13. The lowest BCUT2D eigenvalue weighted by Crippen LogP contribution is -2.31. The molecule has 0 aliphatic rings. The minimum atomic E-state index is -0.0853. The number of nitrogens with one attached hydrogen (secondary N) is 1. The van der Waals surface area contributed by atoms with Gasteiger partial charge in [0.2, 0.25) is 5.91 Å². The molecule has 4 heteroatoms. The molecule has 0 fully saturated rings. The number of carbonyl (C=O) groups is 1. The first kappa shape index (κ1) is 18.4. The summed E-state index contributed by atoms with van der Waals surface area (Å²) in [5, 5.41) is 2.93. The van der Waals surface area contributed by atoms with Crippen LogP contribution in [0.2, 0.25) is 0 Å². The summed E-state index contributed by atoms with van der Waals surface area (Å²) in [5.41, 5.74) is 1.26. The van der Waals surface area contributed by atoms with Crippen LogP contribution in [0.5, 0.6) is 5.75 Å². The molecule has 1 amide bonds. The van der Waals surface area contributed by atoms with E-state index in [4.69, 9.17) is 4.74 Å². The van der Waals surface area contributed by atoms with Gasteiger partial charge in [-0.1, -0.05) is 30.3 Å². The van der Waals surface area contributed by atoms with E-state index in [0.717, 1.165) is 23.5 Å². The van der Waals surface area contributed by atoms with E-state index in [1.807, 2.05) is 56.3 Å². The molecule has 2 aromatic rings. The number of amides is 1. The summed E-state index contributed by atoms with van der Waals surface area (Å²) < 4.78 is 5.43. The number of thioether (sulfide) groups is 1. The van der Waals surface area contributed by atoms with Crippen LogP contribution in [-0.2, 0) is 11.2 Å². The van der Waals surface area contributed by atoms with Crippen LogP contribution in [0.25, 0.3) is 0 Å². The van der Waals surface area contributed by atoms with Crippen LogP contribution in [0.1, 0.15) is 25.8 Å². The normalized spacial score (nSPS) is 11.8. The number of benzene rings is 2. The van der Waals surface area contributed by atoms with E-state index in [9.17, 15) is 4.79 Å². The standard InChI is InChI=1S/C20H25NO2S/c1-3-23-18-13-11-17(12-14-18)8-7-15-21-20(22)16(2)24-19-9-5-4-6-10-19/h4-6,9-14,16H,3,7-8,15H2,1-2H3,(H,21,22)/t16-/m0/s1. The van der Waals surface area contributed by atoms with Crippen molar-refractivity contribution in [1.82, 2.24) is 5.32 Å². The van der Waals surface area contributed by atoms with Crippen LogP contribution < -0.4 is 10.1 Å². The zero-order valence-electron chi connectivity index (χ0n) is 14.3. The van der Waals surface area contributed by atoms with Crippen molar-refractivity contribution < 1.29 is 9.53 Å². The van der Waals surface area contributed by atoms with Crippen molar-refractivity contribution in [3.05, 3.63) is 60.2 Å². The summed E-state index contributed by atoms with van der Waals surface area (Å²) in [5.74, 6) is 0.997. The van der Waals surface area contributed by atoms with Gasteiger partial charge in [-0.05, 0) is 56.5 Å². The van der Waals surface area contributed by atoms with E-state index in [0.29, 0.717) is 13.2 Å². The molecule has 1 N–H and O–H groups in total. The quantitative estimate of drug-likeness (QED) is 0.544. The van der Waals surface area contributed by atoms with Gasteiger partial charge in [-0.2, -0.15) is 0 Å². The second kappa shape index (κ2) is 10.0. The summed E-state index contributed by atoms with van der Waals surface area (Å²) in [6, 6.07) is 18.2. The largest absolute Gasteiger partial charge is 0.494 e. The molecule has 0 bridgehead atoms. The van der Waals surface area contributed by atoms with Crippen molar-refractivity contribution in [1.29, 1.82) is 0 Å². The average Bonchev–Trinajstić information content (AvgIpc) is 2.61. The molecular formula is C20H25NO2S. The highest BCUT2D eigenvalue weighted by atomic mass is 32.2. The topological polar surface area (TPSA) is 38.3 Å². The molecule has 1 atom stereocenters. The van der Waals surface area contributed by atoms with Crippen LogP contribution in [0.15, 0.2) is 59.5 Å². The highest BCUT2D eigenvalue weighted by molar-refractivity contribution is 8.00. The van der Waals surface area contributed by atoms with Gasteiger partial charge in [0.15, 0.2) is 0 Å². The van der Waals surface area contributed by atoms with Gasteiger partial charge in [0.25, 0.3) is 0 Å². The van der Waals surface area contributed by atoms with Crippen LogP contribution in [0, 0.1) is 0 Å². The zero-order valence-corrected chi connectivity index (χ0v) is 15.1. The van der Waals surface area contributed by atoms with E-state index in [1.165, 1.54) is 5.56 Å². The van der Waals surface area contributed by atoms with Crippen LogP contribution >= 0.6 is 11.8 Å². The van der Waals surface area contributed by atoms with E-state index in [2.05, 4.69) is 17.4 Å². The molecular weight excluding hydrogens is 318 g/mol. The van der Waals surface area contributed by atoms with Crippen molar-refractivity contribution in [3.8, 4) is 5.75 Å². The van der Waals surface area contributed by atoms with E-state index >= 15 is 0 Å². The van der Waals surface area contributed by atoms with Crippen molar-refractivity contribution in [2.45, 2.75) is 36.8 Å². The molecule has 0 radical (unpaired) electrons. The molecule has 0 spiro atoms. The predicted octanol–water partition coefficient (Wildman–Crippen LogP) is 4.31. The fourth-order valence-electron chi connectivity index (χ4n) is 2.32. The van der Waals surface area contributed by atoms with E-state index in [-0.39, 0.29) is 11.2 Å². The minimum Gasteiger partial charge on any atom is -0.494 e. The van der Waals surface area contributed by atoms with Crippen molar-refractivity contribution in [2.75, 3.05) is 13.2 Å². The molecule has 24 heavy (non-hydrogen) atoms. The number of aryl methyl sites for hydroxylation is 1. The first-order chi connectivity index (χ1) is 11.7. The lowest BCUT2D eigenvalue weighted by molar-refractivity contribution is -0.120. The van der Waals surface area contributed by atoms with Crippen molar-refractivity contribution in [2.24, 2.45) is 0 Å². The van der Waals surface area contributed by atoms with Gasteiger partial charge in [0, 0.05) is 11.4 Å². The van der Waals surface area contributed by atoms with Gasteiger partial charge in [-0.15, -0.1) is 11.8 Å². The first-order valence-electron chi connectivity index (χ1n) is 8.40. The highest BCUT2D eigenvalue weighted by Crippen LogP contribution is 2.22. The maximum absolute atomic E-state index is 12.1. The predicted molar refractivity (Wildman–Crippen MR) is 101 cm³/mol. The Morgan fingerprint density at radius 2 is 1.83 bits per heavy atom. The van der Waals surface area contributed by atoms with Crippen LogP contribution in [0.3, 0.4) is 0 Å². The van der Waals surface area contributed by atoms with Gasteiger partial charge in [-0.25, -0.2) is 0 Å². The molecule has 2 aromatic carbocycles. The Morgan fingerprint density at radius 1 is 1.12 bits per heavy atom. The molecule has 0 aliphatic heterocycles. The van der Waals surface area contributed by atoms with Crippen LogP contribution in [-0.4, -0.2) is 24.3 Å². The first-order valence-corrected chi connectivity index (χ1v) is 9.28. The Bertz CT molecular complexity index is 613. The molecule has 3 nitrogen and oxygen atoms in total. The maximum Gasteiger partial charge on any atom is 0.233 e. The fourth-order valence-corrected chi connectivity index (χ4v) is 3.24. The summed E-state index contributed by atoms with van der Waals surface area (Å²) in [4.78, 5) is 13.2. The summed E-state index contributed by atoms with van der Waals surface area (Å²) in [7, 11) is 0. The molecule has 0 aliphatic carbocycles. The van der Waals surface area contributed by atoms with E-state index < -0.39 is 0 Å². The Balaban J connectivity index is 1.66. The van der Waals surface area contributed by atoms with Gasteiger partial charge in [-0.3, -0.25) is 4.79 Å². The van der Waals surface area contributed by atoms with E-state index in [1.54, 1.807) is 11.8 Å². The fraction of sp³-hybridized carbons (Fsp3) is 0.350. The van der Waals surface area contributed by atoms with Gasteiger partial charge in [0.1, 0.15) is 5.75 Å². The molecule has 128 valence electrons.